The molecule has 8 nitrogen and oxygen atoms in total. The lowest BCUT2D eigenvalue weighted by Crippen LogP contribution is -2.59. The van der Waals surface area contributed by atoms with Gasteiger partial charge in [0.2, 0.25) is 0 Å². The zero-order valence-electron chi connectivity index (χ0n) is 42.3. The molecule has 0 rings (SSSR count). The second-order valence-corrected chi connectivity index (χ2v) is 19.1. The predicted molar refractivity (Wildman–Crippen MR) is 272 cm³/mol. The van der Waals surface area contributed by atoms with E-state index < -0.39 is 35.2 Å². The number of unbranched alkanes of at least 4 members (excludes halogenated alkanes) is 24. The van der Waals surface area contributed by atoms with Crippen molar-refractivity contribution in [3.05, 3.63) is 48.6 Å². The van der Waals surface area contributed by atoms with Crippen LogP contribution in [-0.2, 0) is 14.4 Å². The normalized spacial score (nSPS) is 14.3. The van der Waals surface area contributed by atoms with Crippen LogP contribution in [0.5, 0.6) is 0 Å². The van der Waals surface area contributed by atoms with Crippen LogP contribution in [0.3, 0.4) is 0 Å². The zero-order chi connectivity index (χ0) is 48.1. The molecule has 0 bridgehead atoms. The molecular formula is C57H102O8. The average molecular weight is 915 g/mol. The first-order valence-corrected chi connectivity index (χ1v) is 27.2. The maximum Gasteiger partial charge on any atom is 0.296 e. The van der Waals surface area contributed by atoms with Crippen molar-refractivity contribution in [1.82, 2.24) is 0 Å². The van der Waals surface area contributed by atoms with Gasteiger partial charge in [0.1, 0.15) is 5.78 Å². The van der Waals surface area contributed by atoms with Gasteiger partial charge in [0, 0.05) is 25.7 Å². The van der Waals surface area contributed by atoms with Gasteiger partial charge in [-0.05, 0) is 103 Å². The molecule has 378 valence electrons. The summed E-state index contributed by atoms with van der Waals surface area (Å²) in [6, 6.07) is 0. The van der Waals surface area contributed by atoms with E-state index in [4.69, 9.17) is 0 Å². The van der Waals surface area contributed by atoms with Crippen LogP contribution in [0.25, 0.3) is 0 Å². The molecule has 0 aliphatic heterocycles. The molecule has 0 saturated heterocycles. The second-order valence-electron chi connectivity index (χ2n) is 19.1. The third kappa shape index (κ3) is 35.6. The molecule has 0 aromatic rings. The fourth-order valence-corrected chi connectivity index (χ4v) is 8.54. The Kier molecular flexibility index (Phi) is 42.8. The van der Waals surface area contributed by atoms with E-state index in [1.54, 1.807) is 0 Å². The number of carbonyl (C=O) groups is 3. The second kappa shape index (κ2) is 44.3. The number of Topliss-reactive ketones (excluding diaryl/α,β-unsaturated/α-hetero) is 3. The van der Waals surface area contributed by atoms with Gasteiger partial charge in [-0.15, -0.1) is 0 Å². The minimum absolute atomic E-state index is 0.0926. The largest absolute Gasteiger partial charge is 0.393 e. The van der Waals surface area contributed by atoms with E-state index in [9.17, 15) is 39.9 Å². The summed E-state index contributed by atoms with van der Waals surface area (Å²) in [5.41, 5.74) is -2.61. The van der Waals surface area contributed by atoms with Crippen molar-refractivity contribution >= 4 is 17.3 Å². The highest BCUT2D eigenvalue weighted by Crippen LogP contribution is 2.39. The number of carbonyl (C=O) groups excluding carboxylic acids is 3. The number of allylic oxidation sites excluding steroid dienone is 6. The van der Waals surface area contributed by atoms with Crippen LogP contribution in [0.2, 0.25) is 0 Å². The first-order chi connectivity index (χ1) is 31.5. The quantitative estimate of drug-likeness (QED) is 0.0175. The van der Waals surface area contributed by atoms with E-state index in [0.717, 1.165) is 128 Å². The van der Waals surface area contributed by atoms with Crippen molar-refractivity contribution in [2.24, 2.45) is 5.41 Å². The van der Waals surface area contributed by atoms with Crippen LogP contribution >= 0.6 is 0 Å². The molecule has 0 amide bonds. The molecule has 5 N–H and O–H groups in total. The standard InChI is InChI=1S/C57H102O8/c1-4-7-10-13-16-17-18-19-20-21-22-23-24-34-41-48-54(61)56(57(63,64)65,55(62)49-42-35-28-27-32-39-46-52(59)44-37-30-15-12-9-6-3)50-53(60)47-40-33-26-25-31-38-45-51(58)43-36-29-14-11-8-5-2/h16-17,19-20,29-30,36-37,51-52,58-59,63-65H,4-15,18,21-28,31-35,38-50H2,1-3H3/b17-16-,20-19-,36-29-,37-30-. The first-order valence-electron chi connectivity index (χ1n) is 27.2. The minimum Gasteiger partial charge on any atom is -0.393 e. The third-order valence-corrected chi connectivity index (χ3v) is 12.9. The molecule has 0 aliphatic rings. The molecule has 65 heavy (non-hydrogen) atoms. The van der Waals surface area contributed by atoms with E-state index in [2.05, 4.69) is 69.4 Å². The molecule has 0 saturated carbocycles. The number of aliphatic hydroxyl groups excluding tert-OH is 2. The SMILES string of the molecule is CCCCC/C=C\C/C=C\CCCCCCCC(=O)C(CC(=O)CCCCCCCCC(O)C/C=C\CCCCC)(C(=O)CCCCCCCCC(O)C/C=C\CCCCC)C(O)(O)O. The lowest BCUT2D eigenvalue weighted by Gasteiger charge is -2.37. The van der Waals surface area contributed by atoms with Gasteiger partial charge in [0.05, 0.1) is 12.2 Å². The number of hydrogen-bond acceptors (Lipinski definition) is 8. The maximum absolute atomic E-state index is 13.9. The Balaban J connectivity index is 5.07. The monoisotopic (exact) mass is 915 g/mol. The summed E-state index contributed by atoms with van der Waals surface area (Å²) in [6.07, 6.45) is 49.1. The average Bonchev–Trinajstić information content (AvgIpc) is 3.27. The molecule has 0 heterocycles. The molecule has 0 spiro atoms. The molecule has 3 unspecified atom stereocenters. The summed E-state index contributed by atoms with van der Waals surface area (Å²) < 4.78 is 0. The summed E-state index contributed by atoms with van der Waals surface area (Å²) in [6.45, 7) is 6.60. The van der Waals surface area contributed by atoms with Crippen molar-refractivity contribution in [3.8, 4) is 0 Å². The minimum atomic E-state index is -3.64. The fourth-order valence-electron chi connectivity index (χ4n) is 8.54. The van der Waals surface area contributed by atoms with Crippen LogP contribution in [0.15, 0.2) is 48.6 Å². The number of aliphatic hydroxyl groups is 5. The highest BCUT2D eigenvalue weighted by molar-refractivity contribution is 6.10. The Labute approximate surface area is 399 Å². The molecule has 0 aromatic heterocycles. The van der Waals surface area contributed by atoms with Gasteiger partial charge in [-0.25, -0.2) is 0 Å². The topological polar surface area (TPSA) is 152 Å². The van der Waals surface area contributed by atoms with Crippen molar-refractivity contribution in [2.45, 2.75) is 289 Å². The molecule has 3 atom stereocenters. The lowest BCUT2D eigenvalue weighted by molar-refractivity contribution is -0.354. The van der Waals surface area contributed by atoms with Crippen molar-refractivity contribution in [1.29, 1.82) is 0 Å². The molecule has 0 fully saturated rings. The fraction of sp³-hybridized carbons (Fsp3) is 0.807. The summed E-state index contributed by atoms with van der Waals surface area (Å²) >= 11 is 0. The van der Waals surface area contributed by atoms with Crippen molar-refractivity contribution in [2.75, 3.05) is 0 Å². The van der Waals surface area contributed by atoms with Gasteiger partial charge in [-0.3, -0.25) is 14.4 Å². The van der Waals surface area contributed by atoms with Crippen LogP contribution in [0.1, 0.15) is 271 Å². The van der Waals surface area contributed by atoms with Gasteiger partial charge in [0.25, 0.3) is 5.97 Å². The van der Waals surface area contributed by atoms with Crippen LogP contribution in [0, 0.1) is 5.41 Å². The van der Waals surface area contributed by atoms with Crippen LogP contribution in [0.4, 0.5) is 0 Å². The number of hydrogen-bond donors (Lipinski definition) is 5. The summed E-state index contributed by atoms with van der Waals surface area (Å²) in [7, 11) is 0. The Morgan fingerprint density at radius 2 is 0.723 bits per heavy atom. The smallest absolute Gasteiger partial charge is 0.296 e. The molecule has 0 aliphatic carbocycles. The lowest BCUT2D eigenvalue weighted by atomic mass is 9.69. The van der Waals surface area contributed by atoms with Gasteiger partial charge in [-0.1, -0.05) is 191 Å². The first kappa shape index (κ1) is 62.8. The predicted octanol–water partition coefficient (Wildman–Crippen LogP) is 14.5. The molecule has 0 radical (unpaired) electrons. The Morgan fingerprint density at radius 3 is 1.11 bits per heavy atom. The summed E-state index contributed by atoms with van der Waals surface area (Å²) in [4.78, 5) is 41.3. The highest BCUT2D eigenvalue weighted by Gasteiger charge is 2.60. The van der Waals surface area contributed by atoms with Gasteiger partial charge in [-0.2, -0.15) is 0 Å². The van der Waals surface area contributed by atoms with E-state index in [1.807, 2.05) is 0 Å². The Bertz CT molecular complexity index is 1250. The summed E-state index contributed by atoms with van der Waals surface area (Å²) in [5.74, 6) is -5.61. The van der Waals surface area contributed by atoms with Crippen molar-refractivity contribution in [3.63, 3.8) is 0 Å². The van der Waals surface area contributed by atoms with E-state index >= 15 is 0 Å². The number of ketones is 3. The van der Waals surface area contributed by atoms with Crippen molar-refractivity contribution < 1.29 is 39.9 Å². The maximum atomic E-state index is 13.9. The van der Waals surface area contributed by atoms with Gasteiger partial charge < -0.3 is 25.5 Å². The van der Waals surface area contributed by atoms with Crippen LogP contribution < -0.4 is 0 Å². The van der Waals surface area contributed by atoms with E-state index in [0.29, 0.717) is 38.5 Å². The molecule has 0 aromatic carbocycles. The van der Waals surface area contributed by atoms with E-state index in [1.165, 1.54) is 57.8 Å². The number of rotatable bonds is 49. The highest BCUT2D eigenvalue weighted by atomic mass is 16.7. The zero-order valence-corrected chi connectivity index (χ0v) is 42.3. The van der Waals surface area contributed by atoms with Crippen LogP contribution in [-0.4, -0.2) is 61.1 Å². The third-order valence-electron chi connectivity index (χ3n) is 12.9. The Hall–Kier alpha value is -2.23. The molecule has 8 heteroatoms. The summed E-state index contributed by atoms with van der Waals surface area (Å²) in [5, 5.41) is 52.9. The Morgan fingerprint density at radius 1 is 0.400 bits per heavy atom. The van der Waals surface area contributed by atoms with Gasteiger partial charge in [0.15, 0.2) is 17.0 Å². The van der Waals surface area contributed by atoms with E-state index in [-0.39, 0.29) is 31.5 Å². The van der Waals surface area contributed by atoms with Gasteiger partial charge >= 0.3 is 0 Å². The molecular weight excluding hydrogens is 813 g/mol.